The molecule has 0 spiro atoms. The highest BCUT2D eigenvalue weighted by Crippen LogP contribution is 2.29. The van der Waals surface area contributed by atoms with Crippen molar-refractivity contribution in [2.24, 2.45) is 0 Å². The molecule has 0 aliphatic heterocycles. The van der Waals surface area contributed by atoms with Crippen LogP contribution in [-0.4, -0.2) is 32.7 Å². The molecule has 12 heteroatoms. The number of carbonyl (C=O) groups excluding carboxylic acids is 1. The van der Waals surface area contributed by atoms with Gasteiger partial charge in [0.1, 0.15) is 23.9 Å². The van der Waals surface area contributed by atoms with Gasteiger partial charge in [0.05, 0.1) is 0 Å². The molecular formula is C21H14F4N4O4. The molecule has 170 valence electrons. The predicted molar refractivity (Wildman–Crippen MR) is 104 cm³/mol. The number of halogens is 4. The molecule has 33 heavy (non-hydrogen) atoms. The molecule has 0 saturated carbocycles. The summed E-state index contributed by atoms with van der Waals surface area (Å²) in [6.07, 6.45) is -4.78. The lowest BCUT2D eigenvalue weighted by molar-refractivity contribution is -0.159. The summed E-state index contributed by atoms with van der Waals surface area (Å²) in [7, 11) is 0. The number of amides is 1. The highest BCUT2D eigenvalue weighted by atomic mass is 19.4. The van der Waals surface area contributed by atoms with E-state index in [0.29, 0.717) is 5.56 Å². The minimum atomic E-state index is -4.78. The Morgan fingerprint density at radius 3 is 2.55 bits per heavy atom. The maximum Gasteiger partial charge on any atom is 0.471 e. The van der Waals surface area contributed by atoms with Crippen molar-refractivity contribution < 1.29 is 36.4 Å². The van der Waals surface area contributed by atoms with Gasteiger partial charge in [0.25, 0.3) is 5.91 Å². The van der Waals surface area contributed by atoms with Crippen LogP contribution in [0.1, 0.15) is 28.0 Å². The largest absolute Gasteiger partial charge is 0.471 e. The summed E-state index contributed by atoms with van der Waals surface area (Å²) in [4.78, 5) is 19.9. The van der Waals surface area contributed by atoms with Gasteiger partial charge in [-0.2, -0.15) is 18.2 Å². The lowest BCUT2D eigenvalue weighted by atomic mass is 10.1. The highest BCUT2D eigenvalue weighted by Gasteiger charge is 2.38. The van der Waals surface area contributed by atoms with E-state index < -0.39 is 29.9 Å². The van der Waals surface area contributed by atoms with E-state index in [2.05, 4.69) is 25.0 Å². The second kappa shape index (κ2) is 8.82. The number of nitrogens with one attached hydrogen (secondary N) is 1. The molecule has 1 unspecified atom stereocenters. The Kier molecular flexibility index (Phi) is 5.92. The molecule has 8 nitrogen and oxygen atoms in total. The summed E-state index contributed by atoms with van der Waals surface area (Å²) in [6, 6.07) is 11.0. The summed E-state index contributed by atoms with van der Waals surface area (Å²) in [5, 5.41) is 16.1. The number of aliphatic hydroxyl groups excluding tert-OH is 1. The van der Waals surface area contributed by atoms with Gasteiger partial charge >= 0.3 is 12.1 Å². The Hall–Kier alpha value is -4.06. The second-order valence-corrected chi connectivity index (χ2v) is 6.81. The summed E-state index contributed by atoms with van der Waals surface area (Å²) < 4.78 is 60.4. The SMILES string of the molecule is O=C(NCC(O)c1coc(-c2ccc(F)cc2)n1)c1cccc(-c2noc(C(F)(F)F)n2)c1. The van der Waals surface area contributed by atoms with Crippen molar-refractivity contribution in [1.29, 1.82) is 0 Å². The van der Waals surface area contributed by atoms with Crippen molar-refractivity contribution in [2.75, 3.05) is 6.54 Å². The van der Waals surface area contributed by atoms with E-state index in [0.717, 1.165) is 0 Å². The van der Waals surface area contributed by atoms with Crippen LogP contribution in [0.15, 0.2) is 63.7 Å². The van der Waals surface area contributed by atoms with E-state index in [1.54, 1.807) is 0 Å². The first kappa shape index (κ1) is 22.1. The fraction of sp³-hybridized carbons (Fsp3) is 0.143. The third-order valence-electron chi connectivity index (χ3n) is 4.46. The number of alkyl halides is 3. The molecule has 0 radical (unpaired) electrons. The van der Waals surface area contributed by atoms with Crippen LogP contribution >= 0.6 is 0 Å². The zero-order chi connectivity index (χ0) is 23.6. The average Bonchev–Trinajstić information content (AvgIpc) is 3.48. The van der Waals surface area contributed by atoms with E-state index >= 15 is 0 Å². The average molecular weight is 462 g/mol. The molecule has 2 heterocycles. The fourth-order valence-electron chi connectivity index (χ4n) is 2.82. The Bertz CT molecular complexity index is 1270. The maximum absolute atomic E-state index is 13.0. The Morgan fingerprint density at radius 1 is 1.09 bits per heavy atom. The predicted octanol–water partition coefficient (Wildman–Crippen LogP) is 4.01. The van der Waals surface area contributed by atoms with Crippen LogP contribution in [0.25, 0.3) is 22.8 Å². The van der Waals surface area contributed by atoms with Gasteiger partial charge in [-0.25, -0.2) is 9.37 Å². The molecule has 2 aromatic heterocycles. The van der Waals surface area contributed by atoms with Crippen molar-refractivity contribution in [3.05, 3.63) is 77.8 Å². The molecule has 0 fully saturated rings. The van der Waals surface area contributed by atoms with Gasteiger partial charge in [-0.3, -0.25) is 4.79 Å². The fourth-order valence-corrected chi connectivity index (χ4v) is 2.82. The van der Waals surface area contributed by atoms with Crippen LogP contribution in [0.4, 0.5) is 17.6 Å². The maximum atomic E-state index is 13.0. The van der Waals surface area contributed by atoms with Crippen LogP contribution in [-0.2, 0) is 6.18 Å². The van der Waals surface area contributed by atoms with Crippen molar-refractivity contribution in [3.63, 3.8) is 0 Å². The van der Waals surface area contributed by atoms with Crippen LogP contribution in [0.3, 0.4) is 0 Å². The molecule has 0 aliphatic carbocycles. The number of oxazole rings is 1. The Labute approximate surface area is 182 Å². The second-order valence-electron chi connectivity index (χ2n) is 6.81. The van der Waals surface area contributed by atoms with Crippen LogP contribution in [0, 0.1) is 5.82 Å². The molecular weight excluding hydrogens is 448 g/mol. The number of hydrogen-bond acceptors (Lipinski definition) is 7. The smallest absolute Gasteiger partial charge is 0.444 e. The minimum Gasteiger partial charge on any atom is -0.444 e. The summed E-state index contributed by atoms with van der Waals surface area (Å²) in [5.74, 6) is -2.67. The first-order valence-corrected chi connectivity index (χ1v) is 9.39. The van der Waals surface area contributed by atoms with Crippen molar-refractivity contribution in [3.8, 4) is 22.8 Å². The van der Waals surface area contributed by atoms with Crippen molar-refractivity contribution in [1.82, 2.24) is 20.4 Å². The van der Waals surface area contributed by atoms with Gasteiger partial charge < -0.3 is 19.4 Å². The number of aromatic nitrogens is 3. The number of aliphatic hydroxyl groups is 1. The molecule has 2 aromatic carbocycles. The number of rotatable bonds is 6. The van der Waals surface area contributed by atoms with Gasteiger partial charge in [0, 0.05) is 23.2 Å². The molecule has 0 bridgehead atoms. The van der Waals surface area contributed by atoms with E-state index in [-0.39, 0.29) is 35.1 Å². The Balaban J connectivity index is 1.40. The van der Waals surface area contributed by atoms with E-state index in [1.807, 2.05) is 0 Å². The van der Waals surface area contributed by atoms with Crippen molar-refractivity contribution in [2.45, 2.75) is 12.3 Å². The number of nitrogens with zero attached hydrogens (tertiary/aromatic N) is 3. The monoisotopic (exact) mass is 462 g/mol. The van der Waals surface area contributed by atoms with Gasteiger partial charge in [-0.15, -0.1) is 0 Å². The normalized spacial score (nSPS) is 12.5. The van der Waals surface area contributed by atoms with Crippen LogP contribution in [0.2, 0.25) is 0 Å². The molecule has 1 atom stereocenters. The summed E-state index contributed by atoms with van der Waals surface area (Å²) >= 11 is 0. The summed E-state index contributed by atoms with van der Waals surface area (Å²) in [6.45, 7) is -0.223. The van der Waals surface area contributed by atoms with Crippen molar-refractivity contribution >= 4 is 5.91 Å². The topological polar surface area (TPSA) is 114 Å². The number of carbonyl (C=O) groups is 1. The molecule has 0 saturated heterocycles. The molecule has 1 amide bonds. The quantitative estimate of drug-likeness (QED) is 0.416. The van der Waals surface area contributed by atoms with Gasteiger partial charge in [0.15, 0.2) is 0 Å². The van der Waals surface area contributed by atoms with E-state index in [4.69, 9.17) is 4.42 Å². The molecule has 4 aromatic rings. The lowest BCUT2D eigenvalue weighted by Gasteiger charge is -2.09. The zero-order valence-corrected chi connectivity index (χ0v) is 16.5. The standard InChI is InChI=1S/C21H14F4N4O4/c22-14-6-4-11(5-7-14)19-27-15(10-32-19)16(30)9-26-18(31)13-3-1-2-12(8-13)17-28-20(33-29-17)21(23,24)25/h1-8,10,16,30H,9H2,(H,26,31). The number of hydrogen-bond donors (Lipinski definition) is 2. The molecule has 0 aliphatic rings. The highest BCUT2D eigenvalue weighted by molar-refractivity contribution is 5.95. The summed E-state index contributed by atoms with van der Waals surface area (Å²) in [5.41, 5.74) is 0.897. The zero-order valence-electron chi connectivity index (χ0n) is 16.5. The number of benzene rings is 2. The van der Waals surface area contributed by atoms with Gasteiger partial charge in [0.2, 0.25) is 11.7 Å². The van der Waals surface area contributed by atoms with Gasteiger partial charge in [-0.05, 0) is 36.4 Å². The van der Waals surface area contributed by atoms with E-state index in [9.17, 15) is 27.5 Å². The first-order chi connectivity index (χ1) is 15.7. The minimum absolute atomic E-state index is 0.102. The Morgan fingerprint density at radius 2 is 1.85 bits per heavy atom. The van der Waals surface area contributed by atoms with Crippen LogP contribution in [0.5, 0.6) is 0 Å². The third kappa shape index (κ3) is 5.06. The van der Waals surface area contributed by atoms with E-state index in [1.165, 1.54) is 54.8 Å². The lowest BCUT2D eigenvalue weighted by Crippen LogP contribution is -2.28. The van der Waals surface area contributed by atoms with Crippen LogP contribution < -0.4 is 5.32 Å². The molecule has 4 rings (SSSR count). The third-order valence-corrected chi connectivity index (χ3v) is 4.46. The molecule has 2 N–H and O–H groups in total. The first-order valence-electron chi connectivity index (χ1n) is 9.39. The van der Waals surface area contributed by atoms with Gasteiger partial charge in [-0.1, -0.05) is 17.3 Å².